The zero-order valence-corrected chi connectivity index (χ0v) is 16.1. The van der Waals surface area contributed by atoms with Crippen LogP contribution in [-0.4, -0.2) is 51.8 Å². The van der Waals surface area contributed by atoms with Gasteiger partial charge in [-0.3, -0.25) is 9.69 Å². The number of nitrogens with one attached hydrogen (secondary N) is 1. The molecule has 0 atom stereocenters. The minimum atomic E-state index is -2.88. The molecule has 0 heterocycles. The number of alkyl halides is 2. The van der Waals surface area contributed by atoms with Crippen molar-refractivity contribution in [3.05, 3.63) is 48.0 Å². The topological polar surface area (TPSA) is 60.0 Å². The summed E-state index contributed by atoms with van der Waals surface area (Å²) in [7, 11) is 5.02. The molecule has 0 saturated heterocycles. The maximum absolute atomic E-state index is 12.1. The largest absolute Gasteiger partial charge is 0.493 e. The molecule has 0 fully saturated rings. The SMILES string of the molecule is COc1ccc(CCN(C)CC(=O)Nc2ccc(OC(F)F)cc2)cc1OC. The first-order valence-corrected chi connectivity index (χ1v) is 8.65. The van der Waals surface area contributed by atoms with E-state index >= 15 is 0 Å². The fourth-order valence-corrected chi connectivity index (χ4v) is 2.60. The van der Waals surface area contributed by atoms with Gasteiger partial charge in [-0.1, -0.05) is 6.07 Å². The van der Waals surface area contributed by atoms with Gasteiger partial charge in [-0.05, 0) is 55.4 Å². The highest BCUT2D eigenvalue weighted by molar-refractivity contribution is 5.92. The van der Waals surface area contributed by atoms with Crippen molar-refractivity contribution in [3.8, 4) is 17.2 Å². The lowest BCUT2D eigenvalue weighted by molar-refractivity contribution is -0.117. The Labute approximate surface area is 163 Å². The number of anilines is 1. The number of benzene rings is 2. The molecule has 1 amide bonds. The van der Waals surface area contributed by atoms with Crippen LogP contribution in [0, 0.1) is 0 Å². The Morgan fingerprint density at radius 3 is 2.36 bits per heavy atom. The Hall–Kier alpha value is -2.87. The van der Waals surface area contributed by atoms with Gasteiger partial charge in [0.2, 0.25) is 5.91 Å². The Morgan fingerprint density at radius 2 is 1.75 bits per heavy atom. The Balaban J connectivity index is 1.81. The maximum atomic E-state index is 12.1. The fraction of sp³-hybridized carbons (Fsp3) is 0.350. The monoisotopic (exact) mass is 394 g/mol. The van der Waals surface area contributed by atoms with Gasteiger partial charge < -0.3 is 19.5 Å². The summed E-state index contributed by atoms with van der Waals surface area (Å²) in [6, 6.07) is 11.5. The number of hydrogen-bond acceptors (Lipinski definition) is 5. The molecule has 8 heteroatoms. The molecule has 0 spiro atoms. The lowest BCUT2D eigenvalue weighted by Crippen LogP contribution is -2.31. The number of carbonyl (C=O) groups is 1. The molecule has 0 aromatic heterocycles. The minimum absolute atomic E-state index is 0.0417. The van der Waals surface area contributed by atoms with Crippen LogP contribution in [0.15, 0.2) is 42.5 Å². The third-order valence-corrected chi connectivity index (χ3v) is 4.01. The van der Waals surface area contributed by atoms with E-state index in [9.17, 15) is 13.6 Å². The predicted octanol–water partition coefficient (Wildman–Crippen LogP) is 3.42. The number of ether oxygens (including phenoxy) is 3. The van der Waals surface area contributed by atoms with Gasteiger partial charge in [0.15, 0.2) is 11.5 Å². The normalized spacial score (nSPS) is 10.8. The van der Waals surface area contributed by atoms with Crippen molar-refractivity contribution in [3.63, 3.8) is 0 Å². The number of rotatable bonds is 10. The zero-order valence-electron chi connectivity index (χ0n) is 16.1. The average molecular weight is 394 g/mol. The van der Waals surface area contributed by atoms with Crippen LogP contribution in [0.4, 0.5) is 14.5 Å². The number of methoxy groups -OCH3 is 2. The Morgan fingerprint density at radius 1 is 1.07 bits per heavy atom. The highest BCUT2D eigenvalue weighted by Gasteiger charge is 2.10. The zero-order chi connectivity index (χ0) is 20.5. The van der Waals surface area contributed by atoms with Crippen molar-refractivity contribution in [2.75, 3.05) is 39.7 Å². The standard InChI is InChI=1S/C20H24F2N2O4/c1-24(11-10-14-4-9-17(26-2)18(12-14)27-3)13-19(25)23-15-5-7-16(8-6-15)28-20(21)22/h4-9,12,20H,10-11,13H2,1-3H3,(H,23,25). The minimum Gasteiger partial charge on any atom is -0.493 e. The molecule has 152 valence electrons. The highest BCUT2D eigenvalue weighted by atomic mass is 19.3. The van der Waals surface area contributed by atoms with Gasteiger partial charge in [-0.2, -0.15) is 8.78 Å². The third-order valence-electron chi connectivity index (χ3n) is 4.01. The molecule has 0 saturated carbocycles. The molecule has 1 N–H and O–H groups in total. The molecule has 2 rings (SSSR count). The first-order valence-electron chi connectivity index (χ1n) is 8.65. The van der Waals surface area contributed by atoms with Gasteiger partial charge in [0.25, 0.3) is 0 Å². The number of hydrogen-bond donors (Lipinski definition) is 1. The van der Waals surface area contributed by atoms with Gasteiger partial charge in [0.1, 0.15) is 5.75 Å². The van der Waals surface area contributed by atoms with Crippen LogP contribution in [-0.2, 0) is 11.2 Å². The molecular formula is C20H24F2N2O4. The van der Waals surface area contributed by atoms with E-state index in [1.165, 1.54) is 24.3 Å². The summed E-state index contributed by atoms with van der Waals surface area (Å²) in [6.45, 7) is -2.01. The van der Waals surface area contributed by atoms with Crippen LogP contribution < -0.4 is 19.5 Å². The van der Waals surface area contributed by atoms with Crippen molar-refractivity contribution >= 4 is 11.6 Å². The van der Waals surface area contributed by atoms with Crippen molar-refractivity contribution in [2.45, 2.75) is 13.0 Å². The Bertz CT molecular complexity index is 769. The lowest BCUT2D eigenvalue weighted by atomic mass is 10.1. The number of carbonyl (C=O) groups excluding carboxylic acids is 1. The predicted molar refractivity (Wildman–Crippen MR) is 102 cm³/mol. The second-order valence-electron chi connectivity index (χ2n) is 6.13. The van der Waals surface area contributed by atoms with E-state index in [0.29, 0.717) is 23.7 Å². The van der Waals surface area contributed by atoms with Crippen LogP contribution in [0.5, 0.6) is 17.2 Å². The van der Waals surface area contributed by atoms with Gasteiger partial charge >= 0.3 is 6.61 Å². The summed E-state index contributed by atoms with van der Waals surface area (Å²) >= 11 is 0. The quantitative estimate of drug-likeness (QED) is 0.669. The first kappa shape index (κ1) is 21.4. The van der Waals surface area contributed by atoms with E-state index < -0.39 is 6.61 Å². The second-order valence-corrected chi connectivity index (χ2v) is 6.13. The van der Waals surface area contributed by atoms with Crippen LogP contribution >= 0.6 is 0 Å². The van der Waals surface area contributed by atoms with Crippen LogP contribution in [0.3, 0.4) is 0 Å². The molecule has 0 radical (unpaired) electrons. The van der Waals surface area contributed by atoms with E-state index in [4.69, 9.17) is 9.47 Å². The number of likely N-dealkylation sites (N-methyl/N-ethyl adjacent to an activating group) is 1. The van der Waals surface area contributed by atoms with Crippen LogP contribution in [0.2, 0.25) is 0 Å². The molecule has 6 nitrogen and oxygen atoms in total. The smallest absolute Gasteiger partial charge is 0.387 e. The summed E-state index contributed by atoms with van der Waals surface area (Å²) in [5, 5.41) is 2.72. The summed E-state index contributed by atoms with van der Waals surface area (Å²) in [6.07, 6.45) is 0.740. The first-order chi connectivity index (χ1) is 13.4. The summed E-state index contributed by atoms with van der Waals surface area (Å²) in [4.78, 5) is 14.0. The molecular weight excluding hydrogens is 370 g/mol. The molecule has 2 aromatic carbocycles. The van der Waals surface area contributed by atoms with Gasteiger partial charge in [0, 0.05) is 12.2 Å². The van der Waals surface area contributed by atoms with E-state index in [0.717, 1.165) is 12.0 Å². The second kappa shape index (κ2) is 10.5. The maximum Gasteiger partial charge on any atom is 0.387 e. The average Bonchev–Trinajstić information content (AvgIpc) is 2.67. The van der Waals surface area contributed by atoms with E-state index in [2.05, 4.69) is 10.1 Å². The third kappa shape index (κ3) is 6.70. The summed E-state index contributed by atoms with van der Waals surface area (Å²) in [5.74, 6) is 1.18. The molecule has 0 unspecified atom stereocenters. The van der Waals surface area contributed by atoms with Crippen molar-refractivity contribution in [1.29, 1.82) is 0 Å². The number of nitrogens with zero attached hydrogens (tertiary/aromatic N) is 1. The molecule has 2 aromatic rings. The van der Waals surface area contributed by atoms with Gasteiger partial charge in [0.05, 0.1) is 20.8 Å². The Kier molecular flexibility index (Phi) is 8.01. The molecule has 0 aliphatic carbocycles. The number of amides is 1. The number of halogens is 2. The van der Waals surface area contributed by atoms with Crippen molar-refractivity contribution in [2.24, 2.45) is 0 Å². The fourth-order valence-electron chi connectivity index (χ4n) is 2.60. The lowest BCUT2D eigenvalue weighted by Gasteiger charge is -2.17. The van der Waals surface area contributed by atoms with Gasteiger partial charge in [-0.15, -0.1) is 0 Å². The van der Waals surface area contributed by atoms with Crippen molar-refractivity contribution in [1.82, 2.24) is 4.90 Å². The summed E-state index contributed by atoms with van der Waals surface area (Å²) in [5.41, 5.74) is 1.58. The van der Waals surface area contributed by atoms with E-state index in [-0.39, 0.29) is 18.2 Å². The highest BCUT2D eigenvalue weighted by Crippen LogP contribution is 2.27. The molecule has 0 aliphatic heterocycles. The molecule has 28 heavy (non-hydrogen) atoms. The van der Waals surface area contributed by atoms with E-state index in [1.54, 1.807) is 14.2 Å². The molecule has 0 aliphatic rings. The van der Waals surface area contributed by atoms with E-state index in [1.807, 2.05) is 30.1 Å². The van der Waals surface area contributed by atoms with Crippen molar-refractivity contribution < 1.29 is 27.8 Å². The van der Waals surface area contributed by atoms with Crippen LogP contribution in [0.25, 0.3) is 0 Å². The summed E-state index contributed by atoms with van der Waals surface area (Å²) < 4.78 is 39.1. The molecule has 0 bridgehead atoms. The van der Waals surface area contributed by atoms with Crippen LogP contribution in [0.1, 0.15) is 5.56 Å². The van der Waals surface area contributed by atoms with Gasteiger partial charge in [-0.25, -0.2) is 0 Å².